The second-order valence-corrected chi connectivity index (χ2v) is 4.49. The van der Waals surface area contributed by atoms with Crippen molar-refractivity contribution in [2.45, 2.75) is 0 Å². The third kappa shape index (κ3) is 4.36. The number of hydrogen-bond acceptors (Lipinski definition) is 3. The Morgan fingerprint density at radius 2 is 2.22 bits per heavy atom. The van der Waals surface area contributed by atoms with E-state index in [-0.39, 0.29) is 18.1 Å². The zero-order chi connectivity index (χ0) is 13.5. The second kappa shape index (κ2) is 7.00. The van der Waals surface area contributed by atoms with Gasteiger partial charge in [-0.25, -0.2) is 4.79 Å². The molecule has 0 aromatic heterocycles. The van der Waals surface area contributed by atoms with Crippen molar-refractivity contribution in [2.24, 2.45) is 0 Å². The Morgan fingerprint density at radius 3 is 2.83 bits per heavy atom. The number of carboxylic acids is 1. The van der Waals surface area contributed by atoms with Gasteiger partial charge in [0.05, 0.1) is 9.13 Å². The van der Waals surface area contributed by atoms with E-state index in [0.717, 1.165) is 3.57 Å². The summed E-state index contributed by atoms with van der Waals surface area (Å²) < 4.78 is 6.01. The molecule has 1 aromatic carbocycles. The van der Waals surface area contributed by atoms with Gasteiger partial charge >= 0.3 is 5.97 Å². The number of carbonyl (C=O) groups excluding carboxylic acids is 1. The molecule has 2 N–H and O–H groups in total. The third-order valence-corrected chi connectivity index (χ3v) is 2.87. The molecule has 1 aromatic rings. The number of carbonyl (C=O) groups is 2. The van der Waals surface area contributed by atoms with E-state index in [1.807, 2.05) is 22.6 Å². The lowest BCUT2D eigenvalue weighted by Gasteiger charge is -2.08. The summed E-state index contributed by atoms with van der Waals surface area (Å²) in [5.74, 6) is -0.942. The predicted octanol–water partition coefficient (Wildman–Crippen LogP) is 1.67. The number of aromatic carboxylic acids is 1. The Kier molecular flexibility index (Phi) is 5.63. The number of benzene rings is 1. The summed E-state index contributed by atoms with van der Waals surface area (Å²) in [7, 11) is 0. The third-order valence-electron chi connectivity index (χ3n) is 1.98. The standard InChI is InChI=1S/C12H12INO4/c1-2-5-14-11(15)7-18-10-6-8(12(16)17)3-4-9(10)13/h2-4,6H,1,5,7H2,(H,14,15)(H,16,17). The van der Waals surface area contributed by atoms with Crippen LogP contribution in [0.1, 0.15) is 10.4 Å². The minimum absolute atomic E-state index is 0.122. The first kappa shape index (κ1) is 14.5. The first-order valence-corrected chi connectivity index (χ1v) is 6.15. The number of hydrogen-bond donors (Lipinski definition) is 2. The highest BCUT2D eigenvalue weighted by Crippen LogP contribution is 2.22. The summed E-state index contributed by atoms with van der Waals surface area (Å²) in [6.07, 6.45) is 1.56. The Hall–Kier alpha value is -1.57. The van der Waals surface area contributed by atoms with Gasteiger partial charge in [0.2, 0.25) is 0 Å². The summed E-state index contributed by atoms with van der Waals surface area (Å²) in [5.41, 5.74) is 0.122. The number of halogens is 1. The lowest BCUT2D eigenvalue weighted by atomic mass is 10.2. The molecule has 1 rings (SSSR count). The van der Waals surface area contributed by atoms with E-state index in [0.29, 0.717) is 12.3 Å². The molecule has 6 heteroatoms. The second-order valence-electron chi connectivity index (χ2n) is 3.33. The molecule has 0 saturated heterocycles. The summed E-state index contributed by atoms with van der Waals surface area (Å²) in [6, 6.07) is 4.50. The SMILES string of the molecule is C=CCNC(=O)COc1cc(C(=O)O)ccc1I. The molecular weight excluding hydrogens is 349 g/mol. The van der Waals surface area contributed by atoms with Crippen LogP contribution in [0.4, 0.5) is 0 Å². The van der Waals surface area contributed by atoms with Crippen molar-refractivity contribution in [1.29, 1.82) is 0 Å². The van der Waals surface area contributed by atoms with Gasteiger partial charge in [-0.15, -0.1) is 6.58 Å². The van der Waals surface area contributed by atoms with Crippen molar-refractivity contribution in [1.82, 2.24) is 5.32 Å². The first-order valence-electron chi connectivity index (χ1n) is 5.08. The largest absolute Gasteiger partial charge is 0.483 e. The molecule has 1 amide bonds. The zero-order valence-electron chi connectivity index (χ0n) is 9.48. The topological polar surface area (TPSA) is 75.6 Å². The molecular formula is C12H12INO4. The van der Waals surface area contributed by atoms with Gasteiger partial charge in [-0.1, -0.05) is 6.08 Å². The average Bonchev–Trinajstić information content (AvgIpc) is 2.35. The molecule has 0 atom stereocenters. The highest BCUT2D eigenvalue weighted by Gasteiger charge is 2.09. The monoisotopic (exact) mass is 361 g/mol. The summed E-state index contributed by atoms with van der Waals surface area (Å²) >= 11 is 2.01. The Labute approximate surface area is 118 Å². The van der Waals surface area contributed by atoms with Crippen LogP contribution in [0.25, 0.3) is 0 Å². The van der Waals surface area contributed by atoms with Gasteiger partial charge in [-0.2, -0.15) is 0 Å². The molecule has 0 fully saturated rings. The Balaban J connectivity index is 2.66. The molecule has 0 aliphatic carbocycles. The number of carboxylic acid groups (broad SMARTS) is 1. The fraction of sp³-hybridized carbons (Fsp3) is 0.167. The summed E-state index contributed by atoms with van der Waals surface area (Å²) in [5, 5.41) is 11.4. The predicted molar refractivity (Wildman–Crippen MR) is 74.8 cm³/mol. The van der Waals surface area contributed by atoms with Gasteiger partial charge in [0.1, 0.15) is 5.75 Å². The molecule has 18 heavy (non-hydrogen) atoms. The van der Waals surface area contributed by atoms with Crippen LogP contribution in [0.5, 0.6) is 5.75 Å². The number of rotatable bonds is 6. The van der Waals surface area contributed by atoms with Crippen molar-refractivity contribution >= 4 is 34.5 Å². The van der Waals surface area contributed by atoms with Gasteiger partial charge < -0.3 is 15.2 Å². The molecule has 0 bridgehead atoms. The van der Waals surface area contributed by atoms with E-state index in [4.69, 9.17) is 9.84 Å². The number of amides is 1. The minimum Gasteiger partial charge on any atom is -0.483 e. The zero-order valence-corrected chi connectivity index (χ0v) is 11.6. The van der Waals surface area contributed by atoms with Crippen LogP contribution >= 0.6 is 22.6 Å². The first-order chi connectivity index (χ1) is 8.54. The van der Waals surface area contributed by atoms with Gasteiger partial charge in [0.25, 0.3) is 5.91 Å². The molecule has 0 aliphatic rings. The van der Waals surface area contributed by atoms with Crippen molar-refractivity contribution in [2.75, 3.05) is 13.2 Å². The Bertz CT molecular complexity index is 473. The van der Waals surface area contributed by atoms with E-state index >= 15 is 0 Å². The normalized spacial score (nSPS) is 9.61. The van der Waals surface area contributed by atoms with Crippen molar-refractivity contribution in [3.63, 3.8) is 0 Å². The maximum Gasteiger partial charge on any atom is 0.335 e. The molecule has 0 aliphatic heterocycles. The van der Waals surface area contributed by atoms with Crippen LogP contribution in [-0.2, 0) is 4.79 Å². The molecule has 96 valence electrons. The van der Waals surface area contributed by atoms with Gasteiger partial charge in [0, 0.05) is 6.54 Å². The quantitative estimate of drug-likeness (QED) is 0.597. The number of nitrogens with one attached hydrogen (secondary N) is 1. The minimum atomic E-state index is -1.03. The van der Waals surface area contributed by atoms with E-state index in [2.05, 4.69) is 11.9 Å². The van der Waals surface area contributed by atoms with Crippen molar-refractivity contribution < 1.29 is 19.4 Å². The smallest absolute Gasteiger partial charge is 0.335 e. The average molecular weight is 361 g/mol. The fourth-order valence-electron chi connectivity index (χ4n) is 1.13. The summed E-state index contributed by atoms with van der Waals surface area (Å²) in [4.78, 5) is 22.1. The van der Waals surface area contributed by atoms with Crippen LogP contribution < -0.4 is 10.1 Å². The molecule has 0 heterocycles. The van der Waals surface area contributed by atoms with Gasteiger partial charge in [-0.05, 0) is 40.8 Å². The molecule has 0 unspecified atom stereocenters. The van der Waals surface area contributed by atoms with Gasteiger partial charge in [0.15, 0.2) is 6.61 Å². The van der Waals surface area contributed by atoms with Crippen LogP contribution in [0.3, 0.4) is 0 Å². The van der Waals surface area contributed by atoms with Crippen LogP contribution in [0.2, 0.25) is 0 Å². The van der Waals surface area contributed by atoms with E-state index in [9.17, 15) is 9.59 Å². The molecule has 5 nitrogen and oxygen atoms in total. The number of ether oxygens (including phenoxy) is 1. The van der Waals surface area contributed by atoms with Crippen LogP contribution in [0.15, 0.2) is 30.9 Å². The summed E-state index contributed by atoms with van der Waals surface area (Å²) in [6.45, 7) is 3.68. The molecule has 0 radical (unpaired) electrons. The van der Waals surface area contributed by atoms with Gasteiger partial charge in [-0.3, -0.25) is 4.79 Å². The van der Waals surface area contributed by atoms with Crippen LogP contribution in [0, 0.1) is 3.57 Å². The fourth-order valence-corrected chi connectivity index (χ4v) is 1.62. The lowest BCUT2D eigenvalue weighted by molar-refractivity contribution is -0.122. The van der Waals surface area contributed by atoms with Crippen molar-refractivity contribution in [3.8, 4) is 5.75 Å². The van der Waals surface area contributed by atoms with Crippen molar-refractivity contribution in [3.05, 3.63) is 40.0 Å². The maximum absolute atomic E-state index is 11.3. The highest BCUT2D eigenvalue weighted by atomic mass is 127. The lowest BCUT2D eigenvalue weighted by Crippen LogP contribution is -2.28. The molecule has 0 spiro atoms. The van der Waals surface area contributed by atoms with Crippen LogP contribution in [-0.4, -0.2) is 30.1 Å². The highest BCUT2D eigenvalue weighted by molar-refractivity contribution is 14.1. The Morgan fingerprint density at radius 1 is 1.50 bits per heavy atom. The van der Waals surface area contributed by atoms with E-state index in [1.165, 1.54) is 12.1 Å². The maximum atomic E-state index is 11.3. The molecule has 0 saturated carbocycles. The van der Waals surface area contributed by atoms with E-state index in [1.54, 1.807) is 12.1 Å². The van der Waals surface area contributed by atoms with E-state index < -0.39 is 5.97 Å².